The van der Waals surface area contributed by atoms with Gasteiger partial charge in [-0.3, -0.25) is 0 Å². The Morgan fingerprint density at radius 3 is 2.20 bits per heavy atom. The second-order valence-corrected chi connectivity index (χ2v) is 11.5. The Hall–Kier alpha value is -3.12. The fourth-order valence-electron chi connectivity index (χ4n) is 5.11. The van der Waals surface area contributed by atoms with Gasteiger partial charge in [-0.2, -0.15) is 0 Å². The van der Waals surface area contributed by atoms with Crippen molar-refractivity contribution in [3.63, 3.8) is 0 Å². The van der Waals surface area contributed by atoms with Gasteiger partial charge in [-0.25, -0.2) is 0 Å². The molecule has 5 heteroatoms. The molecule has 0 saturated carbocycles. The van der Waals surface area contributed by atoms with E-state index in [1.165, 1.54) is 25.6 Å². The molecule has 4 aromatic carbocycles. The first-order valence-electron chi connectivity index (χ1n) is 12.0. The van der Waals surface area contributed by atoms with Crippen LogP contribution in [0.15, 0.2) is 83.3 Å². The summed E-state index contributed by atoms with van der Waals surface area (Å²) in [5.41, 5.74) is 4.43. The smallest absolute Gasteiger partial charge is 0.456 e. The highest BCUT2D eigenvalue weighted by Crippen LogP contribution is 2.43. The van der Waals surface area contributed by atoms with E-state index in [1.807, 2.05) is 11.3 Å². The van der Waals surface area contributed by atoms with Gasteiger partial charge < -0.3 is 13.7 Å². The van der Waals surface area contributed by atoms with Crippen LogP contribution in [-0.4, -0.2) is 18.3 Å². The molecule has 1 saturated heterocycles. The average Bonchev–Trinajstić information content (AvgIpc) is 3.47. The summed E-state index contributed by atoms with van der Waals surface area (Å²) < 4.78 is 21.5. The van der Waals surface area contributed by atoms with Crippen LogP contribution in [0.5, 0.6) is 0 Å². The summed E-state index contributed by atoms with van der Waals surface area (Å²) in [6.45, 7) is 8.35. The Labute approximate surface area is 208 Å². The Bertz CT molecular complexity index is 1760. The molecule has 7 rings (SSSR count). The van der Waals surface area contributed by atoms with Crippen LogP contribution in [-0.2, 0) is 9.31 Å². The molecule has 0 aliphatic carbocycles. The molecule has 172 valence electrons. The van der Waals surface area contributed by atoms with Crippen LogP contribution in [0, 0.1) is 0 Å². The van der Waals surface area contributed by atoms with Crippen LogP contribution in [0.4, 0.5) is 0 Å². The highest BCUT2D eigenvalue weighted by atomic mass is 32.1. The number of furan rings is 1. The molecular weight excluding hydrogens is 451 g/mol. The quantitative estimate of drug-likeness (QED) is 0.238. The van der Waals surface area contributed by atoms with Crippen LogP contribution in [0.1, 0.15) is 27.7 Å². The minimum Gasteiger partial charge on any atom is -0.456 e. The maximum atomic E-state index is 6.30. The lowest BCUT2D eigenvalue weighted by molar-refractivity contribution is 0.00578. The molecule has 3 heterocycles. The van der Waals surface area contributed by atoms with Gasteiger partial charge in [0.2, 0.25) is 0 Å². The van der Waals surface area contributed by atoms with Gasteiger partial charge in [-0.1, -0.05) is 48.5 Å². The van der Waals surface area contributed by atoms with E-state index < -0.39 is 0 Å². The van der Waals surface area contributed by atoms with Gasteiger partial charge in [0.25, 0.3) is 0 Å². The summed E-state index contributed by atoms with van der Waals surface area (Å²) in [7, 11) is -0.379. The topological polar surface area (TPSA) is 31.6 Å². The summed E-state index contributed by atoms with van der Waals surface area (Å²) in [5.74, 6) is 0. The predicted octanol–water partition coefficient (Wildman–Crippen LogP) is 7.92. The number of hydrogen-bond donors (Lipinski definition) is 0. The molecule has 0 unspecified atom stereocenters. The maximum Gasteiger partial charge on any atom is 0.494 e. The number of rotatable bonds is 2. The van der Waals surface area contributed by atoms with Crippen LogP contribution in [0.25, 0.3) is 53.2 Å². The van der Waals surface area contributed by atoms with Crippen LogP contribution in [0.3, 0.4) is 0 Å². The molecule has 6 aromatic rings. The van der Waals surface area contributed by atoms with E-state index in [0.717, 1.165) is 33.1 Å². The fraction of sp³-hybridized carbons (Fsp3) is 0.200. The van der Waals surface area contributed by atoms with Crippen LogP contribution < -0.4 is 5.46 Å². The zero-order chi connectivity index (χ0) is 23.9. The lowest BCUT2D eigenvalue weighted by Gasteiger charge is -2.32. The predicted molar refractivity (Wildman–Crippen MR) is 148 cm³/mol. The summed E-state index contributed by atoms with van der Waals surface area (Å²) in [6.07, 6.45) is 0. The van der Waals surface area contributed by atoms with Crippen molar-refractivity contribution in [1.82, 2.24) is 0 Å². The molecule has 0 bridgehead atoms. The van der Waals surface area contributed by atoms with Gasteiger partial charge in [0.15, 0.2) is 0 Å². The normalized spacial score (nSPS) is 17.3. The molecule has 35 heavy (non-hydrogen) atoms. The number of thiophene rings is 1. The van der Waals surface area contributed by atoms with Crippen molar-refractivity contribution in [2.75, 3.05) is 0 Å². The van der Waals surface area contributed by atoms with E-state index in [9.17, 15) is 0 Å². The highest BCUT2D eigenvalue weighted by molar-refractivity contribution is 7.26. The van der Waals surface area contributed by atoms with Gasteiger partial charge in [-0.15, -0.1) is 11.3 Å². The molecule has 0 atom stereocenters. The second-order valence-electron chi connectivity index (χ2n) is 10.4. The summed E-state index contributed by atoms with van der Waals surface area (Å²) in [6, 6.07) is 27.9. The number of benzene rings is 4. The third kappa shape index (κ3) is 3.12. The fourth-order valence-corrected chi connectivity index (χ4v) is 6.22. The van der Waals surface area contributed by atoms with Crippen molar-refractivity contribution in [3.05, 3.63) is 78.9 Å². The Kier molecular flexibility index (Phi) is 4.36. The van der Waals surface area contributed by atoms with Gasteiger partial charge >= 0.3 is 7.12 Å². The monoisotopic (exact) mass is 476 g/mol. The lowest BCUT2D eigenvalue weighted by atomic mass is 9.78. The van der Waals surface area contributed by atoms with Gasteiger partial charge in [0, 0.05) is 30.9 Å². The van der Waals surface area contributed by atoms with E-state index in [4.69, 9.17) is 13.7 Å². The third-order valence-corrected chi connectivity index (χ3v) is 8.86. The van der Waals surface area contributed by atoms with Crippen LogP contribution in [0.2, 0.25) is 0 Å². The van der Waals surface area contributed by atoms with Crippen molar-refractivity contribution in [2.45, 2.75) is 38.9 Å². The van der Waals surface area contributed by atoms with E-state index in [0.29, 0.717) is 0 Å². The molecule has 2 aromatic heterocycles. The minimum atomic E-state index is -0.379. The van der Waals surface area contributed by atoms with Crippen molar-refractivity contribution in [2.24, 2.45) is 0 Å². The number of hydrogen-bond acceptors (Lipinski definition) is 4. The zero-order valence-electron chi connectivity index (χ0n) is 20.2. The molecule has 1 aliphatic heterocycles. The Morgan fingerprint density at radius 1 is 0.629 bits per heavy atom. The van der Waals surface area contributed by atoms with Gasteiger partial charge in [-0.05, 0) is 74.6 Å². The zero-order valence-corrected chi connectivity index (χ0v) is 21.0. The van der Waals surface area contributed by atoms with Crippen molar-refractivity contribution in [3.8, 4) is 11.1 Å². The van der Waals surface area contributed by atoms with Crippen molar-refractivity contribution < 1.29 is 13.7 Å². The Morgan fingerprint density at radius 2 is 1.37 bits per heavy atom. The van der Waals surface area contributed by atoms with Crippen LogP contribution >= 0.6 is 11.3 Å². The van der Waals surface area contributed by atoms with E-state index in [1.54, 1.807) is 0 Å². The van der Waals surface area contributed by atoms with Crippen molar-refractivity contribution >= 4 is 66.0 Å². The first-order chi connectivity index (χ1) is 16.8. The molecule has 0 spiro atoms. The minimum absolute atomic E-state index is 0.364. The van der Waals surface area contributed by atoms with E-state index >= 15 is 0 Å². The molecule has 1 fully saturated rings. The second kappa shape index (κ2) is 7.20. The van der Waals surface area contributed by atoms with Crippen molar-refractivity contribution in [1.29, 1.82) is 0 Å². The van der Waals surface area contributed by atoms with E-state index in [2.05, 4.69) is 107 Å². The largest absolute Gasteiger partial charge is 0.494 e. The molecular formula is C30H25BO3S. The Balaban J connectivity index is 1.39. The molecule has 0 radical (unpaired) electrons. The first-order valence-corrected chi connectivity index (χ1v) is 12.8. The summed E-state index contributed by atoms with van der Waals surface area (Å²) >= 11 is 1.84. The molecule has 1 aliphatic rings. The standard InChI is InChI=1S/C30H25BO3S/c1-29(2)30(3,4)34-31(33-29)20-9-7-8-18(16-20)19-12-13-23-22(17-19)27-24(32-23)14-15-26-28(27)21-10-5-6-11-25(21)35-26/h5-17H,1-4H3. The SMILES string of the molecule is CC1(C)OB(c2cccc(-c3ccc4oc5ccc6sc7ccccc7c6c5c4c3)c2)OC1(C)C. The number of fused-ring (bicyclic) bond motifs is 7. The average molecular weight is 476 g/mol. The first kappa shape index (κ1) is 21.2. The highest BCUT2D eigenvalue weighted by Gasteiger charge is 2.51. The maximum absolute atomic E-state index is 6.30. The summed E-state index contributed by atoms with van der Waals surface area (Å²) in [4.78, 5) is 0. The third-order valence-electron chi connectivity index (χ3n) is 7.72. The lowest BCUT2D eigenvalue weighted by Crippen LogP contribution is -2.41. The van der Waals surface area contributed by atoms with Gasteiger partial charge in [0.1, 0.15) is 11.2 Å². The molecule has 0 N–H and O–H groups in total. The van der Waals surface area contributed by atoms with E-state index in [-0.39, 0.29) is 18.3 Å². The molecule has 3 nitrogen and oxygen atoms in total. The molecule has 0 amide bonds. The summed E-state index contributed by atoms with van der Waals surface area (Å²) in [5, 5.41) is 4.91. The van der Waals surface area contributed by atoms with Gasteiger partial charge in [0.05, 0.1) is 11.2 Å².